The van der Waals surface area contributed by atoms with Crippen LogP contribution in [0.1, 0.15) is 43.0 Å². The summed E-state index contributed by atoms with van der Waals surface area (Å²) in [6.45, 7) is 2.78. The van der Waals surface area contributed by atoms with Crippen LogP contribution in [0.15, 0.2) is 36.4 Å². The predicted octanol–water partition coefficient (Wildman–Crippen LogP) is 3.24. The zero-order valence-corrected chi connectivity index (χ0v) is 17.0. The van der Waals surface area contributed by atoms with E-state index in [1.54, 1.807) is 12.1 Å². The fourth-order valence-electron chi connectivity index (χ4n) is 2.79. The molecule has 156 valence electrons. The highest BCUT2D eigenvalue weighted by Gasteiger charge is 2.23. The maximum Gasteiger partial charge on any atom is 0.328 e. The Morgan fingerprint density at radius 3 is 2.41 bits per heavy atom. The van der Waals surface area contributed by atoms with E-state index < -0.39 is 23.9 Å². The Labute approximate surface area is 170 Å². The Hall–Kier alpha value is -3.09. The fourth-order valence-corrected chi connectivity index (χ4v) is 2.79. The highest BCUT2D eigenvalue weighted by Crippen LogP contribution is 2.22. The van der Waals surface area contributed by atoms with Crippen molar-refractivity contribution >= 4 is 28.6 Å². The van der Waals surface area contributed by atoms with E-state index >= 15 is 0 Å². The molecular weight excluding hydrogens is 374 g/mol. The van der Waals surface area contributed by atoms with Gasteiger partial charge in [0.1, 0.15) is 11.8 Å². The van der Waals surface area contributed by atoms with Crippen LogP contribution in [-0.4, -0.2) is 44.7 Å². The summed E-state index contributed by atoms with van der Waals surface area (Å²) in [4.78, 5) is 35.9. The van der Waals surface area contributed by atoms with E-state index in [1.807, 2.05) is 24.3 Å². The predicted molar refractivity (Wildman–Crippen MR) is 109 cm³/mol. The molecule has 2 rings (SSSR count). The van der Waals surface area contributed by atoms with Gasteiger partial charge in [0.2, 0.25) is 0 Å². The number of carbonyl (C=O) groups is 3. The smallest absolute Gasteiger partial charge is 0.328 e. The second kappa shape index (κ2) is 11.0. The van der Waals surface area contributed by atoms with Crippen LogP contribution < -0.4 is 10.1 Å². The van der Waals surface area contributed by atoms with Crippen molar-refractivity contribution < 1.29 is 28.6 Å². The Bertz CT molecular complexity index is 864. The van der Waals surface area contributed by atoms with Gasteiger partial charge in [-0.3, -0.25) is 9.59 Å². The molecule has 0 saturated heterocycles. The Kier molecular flexibility index (Phi) is 8.45. The van der Waals surface area contributed by atoms with Gasteiger partial charge in [-0.15, -0.1) is 0 Å². The molecule has 1 amide bonds. The molecule has 2 aromatic carbocycles. The van der Waals surface area contributed by atoms with Crippen molar-refractivity contribution in [1.29, 1.82) is 0 Å². The van der Waals surface area contributed by atoms with Crippen LogP contribution in [0.3, 0.4) is 0 Å². The van der Waals surface area contributed by atoms with Gasteiger partial charge in [-0.25, -0.2) is 4.79 Å². The summed E-state index contributed by atoms with van der Waals surface area (Å²) >= 11 is 0. The third-order valence-electron chi connectivity index (χ3n) is 4.50. The molecule has 0 spiro atoms. The number of hydrogen-bond acceptors (Lipinski definition) is 6. The van der Waals surface area contributed by atoms with Crippen molar-refractivity contribution in [3.63, 3.8) is 0 Å². The van der Waals surface area contributed by atoms with E-state index in [0.29, 0.717) is 12.2 Å². The van der Waals surface area contributed by atoms with E-state index in [2.05, 4.69) is 17.0 Å². The summed E-state index contributed by atoms with van der Waals surface area (Å²) in [7, 11) is 2.50. The van der Waals surface area contributed by atoms with Gasteiger partial charge < -0.3 is 19.5 Å². The van der Waals surface area contributed by atoms with Crippen molar-refractivity contribution in [2.45, 2.75) is 38.6 Å². The zero-order chi connectivity index (χ0) is 21.2. The van der Waals surface area contributed by atoms with Gasteiger partial charge in [0.15, 0.2) is 0 Å². The van der Waals surface area contributed by atoms with Crippen molar-refractivity contribution in [2.75, 3.05) is 20.8 Å². The third-order valence-corrected chi connectivity index (χ3v) is 4.50. The molecule has 29 heavy (non-hydrogen) atoms. The lowest BCUT2D eigenvalue weighted by molar-refractivity contribution is -0.144. The molecule has 1 N–H and O–H groups in total. The number of amides is 1. The largest absolute Gasteiger partial charge is 0.494 e. The second-order valence-electron chi connectivity index (χ2n) is 6.59. The van der Waals surface area contributed by atoms with E-state index in [9.17, 15) is 14.4 Å². The fraction of sp³-hybridized carbons (Fsp3) is 0.409. The van der Waals surface area contributed by atoms with E-state index in [-0.39, 0.29) is 12.8 Å². The summed E-state index contributed by atoms with van der Waals surface area (Å²) in [5, 5.41) is 4.46. The number of hydrogen-bond donors (Lipinski definition) is 1. The molecule has 0 aliphatic carbocycles. The van der Waals surface area contributed by atoms with Gasteiger partial charge >= 0.3 is 11.9 Å². The Morgan fingerprint density at radius 1 is 1.00 bits per heavy atom. The maximum atomic E-state index is 12.6. The van der Waals surface area contributed by atoms with E-state index in [4.69, 9.17) is 9.47 Å². The minimum atomic E-state index is -0.934. The van der Waals surface area contributed by atoms with Crippen LogP contribution >= 0.6 is 0 Å². The van der Waals surface area contributed by atoms with Crippen LogP contribution in [-0.2, 0) is 19.1 Å². The van der Waals surface area contributed by atoms with Gasteiger partial charge in [0.25, 0.3) is 5.91 Å². The molecular formula is C22H27NO6. The molecule has 2 aromatic rings. The number of rotatable bonds is 10. The standard InChI is InChI=1S/C22H27NO6/c1-4-5-12-29-18-9-8-15-13-17(7-6-16(15)14-18)21(25)23-19(22(26)28-3)10-11-20(24)27-2/h6-9,13-14,19H,4-5,10-12H2,1-3H3,(H,23,25)/t19-/m1/s1. The van der Waals surface area contributed by atoms with Gasteiger partial charge in [-0.1, -0.05) is 25.5 Å². The molecule has 0 aliphatic heterocycles. The first-order valence-corrected chi connectivity index (χ1v) is 9.60. The van der Waals surface area contributed by atoms with Gasteiger partial charge in [0.05, 0.1) is 20.8 Å². The van der Waals surface area contributed by atoms with Crippen molar-refractivity contribution in [2.24, 2.45) is 0 Å². The molecule has 0 fully saturated rings. The first-order valence-electron chi connectivity index (χ1n) is 9.60. The summed E-state index contributed by atoms with van der Waals surface area (Å²) in [5.74, 6) is -0.708. The average molecular weight is 401 g/mol. The molecule has 7 heteroatoms. The van der Waals surface area contributed by atoms with Gasteiger partial charge in [-0.2, -0.15) is 0 Å². The number of ether oxygens (including phenoxy) is 3. The normalized spacial score (nSPS) is 11.6. The first kappa shape index (κ1) is 22.2. The number of esters is 2. The highest BCUT2D eigenvalue weighted by molar-refractivity contribution is 6.00. The molecule has 0 unspecified atom stereocenters. The molecule has 0 radical (unpaired) electrons. The lowest BCUT2D eigenvalue weighted by Gasteiger charge is -2.16. The van der Waals surface area contributed by atoms with Crippen molar-refractivity contribution in [3.05, 3.63) is 42.0 Å². The third kappa shape index (κ3) is 6.48. The monoisotopic (exact) mass is 401 g/mol. The SMILES string of the molecule is CCCCOc1ccc2cc(C(=O)N[C@H](CCC(=O)OC)C(=O)OC)ccc2c1. The van der Waals surface area contributed by atoms with Crippen LogP contribution in [0.25, 0.3) is 10.8 Å². The number of benzene rings is 2. The summed E-state index contributed by atoms with van der Waals surface area (Å²) in [6.07, 6.45) is 2.15. The molecule has 0 saturated carbocycles. The molecule has 7 nitrogen and oxygen atoms in total. The first-order chi connectivity index (χ1) is 14.0. The van der Waals surface area contributed by atoms with E-state index in [1.165, 1.54) is 14.2 Å². The minimum Gasteiger partial charge on any atom is -0.494 e. The molecule has 0 aromatic heterocycles. The molecule has 0 aliphatic rings. The molecule has 1 atom stereocenters. The van der Waals surface area contributed by atoms with Crippen LogP contribution in [0, 0.1) is 0 Å². The maximum absolute atomic E-state index is 12.6. The second-order valence-corrected chi connectivity index (χ2v) is 6.59. The van der Waals surface area contributed by atoms with Gasteiger partial charge in [0, 0.05) is 12.0 Å². The lowest BCUT2D eigenvalue weighted by atomic mass is 10.1. The minimum absolute atomic E-state index is 0.00489. The number of unbranched alkanes of at least 4 members (excludes halogenated alkanes) is 1. The highest BCUT2D eigenvalue weighted by atomic mass is 16.5. The number of carbonyl (C=O) groups excluding carboxylic acids is 3. The molecule has 0 heterocycles. The van der Waals surface area contributed by atoms with Crippen LogP contribution in [0.5, 0.6) is 5.75 Å². The van der Waals surface area contributed by atoms with Crippen molar-refractivity contribution in [3.8, 4) is 5.75 Å². The molecule has 0 bridgehead atoms. The zero-order valence-electron chi connectivity index (χ0n) is 17.0. The topological polar surface area (TPSA) is 90.9 Å². The van der Waals surface area contributed by atoms with Crippen LogP contribution in [0.4, 0.5) is 0 Å². The Balaban J connectivity index is 2.10. The number of fused-ring (bicyclic) bond motifs is 1. The summed E-state index contributed by atoms with van der Waals surface area (Å²) < 4.78 is 15.0. The summed E-state index contributed by atoms with van der Waals surface area (Å²) in [6, 6.07) is 10.0. The van der Waals surface area contributed by atoms with Crippen molar-refractivity contribution in [1.82, 2.24) is 5.32 Å². The quantitative estimate of drug-likeness (QED) is 0.485. The van der Waals surface area contributed by atoms with E-state index in [0.717, 1.165) is 29.4 Å². The average Bonchev–Trinajstić information content (AvgIpc) is 2.75. The lowest BCUT2D eigenvalue weighted by Crippen LogP contribution is -2.41. The summed E-state index contributed by atoms with van der Waals surface area (Å²) in [5.41, 5.74) is 0.407. The number of methoxy groups -OCH3 is 2. The number of nitrogens with one attached hydrogen (secondary N) is 1. The Morgan fingerprint density at radius 2 is 1.72 bits per heavy atom. The van der Waals surface area contributed by atoms with Gasteiger partial charge in [-0.05, 0) is 47.9 Å². The van der Waals surface area contributed by atoms with Crippen LogP contribution in [0.2, 0.25) is 0 Å².